The average Bonchev–Trinajstić information content (AvgIpc) is 2.75. The summed E-state index contributed by atoms with van der Waals surface area (Å²) < 4.78 is 5.18. The van der Waals surface area contributed by atoms with Crippen LogP contribution in [0.2, 0.25) is 0 Å². The average molecular weight is 166 g/mol. The van der Waals surface area contributed by atoms with Crippen LogP contribution in [0.4, 0.5) is 0 Å². The van der Waals surface area contributed by atoms with Gasteiger partial charge in [0.2, 0.25) is 5.89 Å². The summed E-state index contributed by atoms with van der Waals surface area (Å²) in [5, 5.41) is 3.24. The van der Waals surface area contributed by atoms with E-state index in [0.717, 1.165) is 19.4 Å². The predicted molar refractivity (Wildman–Crippen MR) is 41.9 cm³/mol. The molecule has 0 aromatic carbocycles. The quantitative estimate of drug-likeness (QED) is 0.663. The lowest BCUT2D eigenvalue weighted by Gasteiger charge is -2.02. The first-order valence-corrected chi connectivity index (χ1v) is 4.04. The molecule has 1 atom stereocenters. The Balaban J connectivity index is 2.16. The summed E-state index contributed by atoms with van der Waals surface area (Å²) in [5.74, 6) is 0.938. The topological polar surface area (TPSA) is 55.1 Å². The molecule has 1 unspecified atom stereocenters. The van der Waals surface area contributed by atoms with Gasteiger partial charge in [0, 0.05) is 0 Å². The van der Waals surface area contributed by atoms with Gasteiger partial charge >= 0.3 is 0 Å². The number of aromatic nitrogens is 1. The van der Waals surface area contributed by atoms with E-state index >= 15 is 0 Å². The molecular formula is C8H10N2O2. The van der Waals surface area contributed by atoms with Crippen LogP contribution in [-0.4, -0.2) is 17.8 Å². The van der Waals surface area contributed by atoms with Crippen molar-refractivity contribution in [3.05, 3.63) is 17.8 Å². The zero-order chi connectivity index (χ0) is 8.39. The third-order valence-electron chi connectivity index (χ3n) is 2.02. The summed E-state index contributed by atoms with van der Waals surface area (Å²) >= 11 is 0. The van der Waals surface area contributed by atoms with E-state index in [0.29, 0.717) is 17.9 Å². The number of oxazole rings is 1. The van der Waals surface area contributed by atoms with Gasteiger partial charge in [-0.25, -0.2) is 4.98 Å². The molecule has 1 aromatic heterocycles. The third kappa shape index (κ3) is 1.25. The summed E-state index contributed by atoms with van der Waals surface area (Å²) in [4.78, 5) is 14.3. The number of carbonyl (C=O) groups is 1. The zero-order valence-corrected chi connectivity index (χ0v) is 6.62. The first-order chi connectivity index (χ1) is 5.90. The summed E-state index contributed by atoms with van der Waals surface area (Å²) in [6, 6.07) is 0.207. The molecule has 1 fully saturated rings. The Hall–Kier alpha value is -1.16. The van der Waals surface area contributed by atoms with Gasteiger partial charge in [0.1, 0.15) is 0 Å². The minimum absolute atomic E-state index is 0.207. The normalized spacial score (nSPS) is 22.8. The Kier molecular flexibility index (Phi) is 1.91. The van der Waals surface area contributed by atoms with Gasteiger partial charge in [-0.15, -0.1) is 0 Å². The van der Waals surface area contributed by atoms with Gasteiger partial charge in [-0.1, -0.05) is 0 Å². The highest BCUT2D eigenvalue weighted by molar-refractivity contribution is 5.69. The molecule has 64 valence electrons. The Morgan fingerprint density at radius 3 is 3.25 bits per heavy atom. The lowest BCUT2D eigenvalue weighted by atomic mass is 10.2. The van der Waals surface area contributed by atoms with Crippen molar-refractivity contribution in [1.29, 1.82) is 0 Å². The molecule has 4 heteroatoms. The molecule has 0 radical (unpaired) electrons. The summed E-state index contributed by atoms with van der Waals surface area (Å²) in [7, 11) is 0. The van der Waals surface area contributed by atoms with Crippen molar-refractivity contribution in [2.75, 3.05) is 6.54 Å². The van der Waals surface area contributed by atoms with Crippen LogP contribution < -0.4 is 5.32 Å². The standard InChI is InChI=1S/C8H10N2O2/c11-5-6-4-10-8(12-6)7-2-1-3-9-7/h4-5,7,9H,1-3H2. The SMILES string of the molecule is O=Cc1cnc(C2CCCN2)o1. The predicted octanol–water partition coefficient (Wildman–Crippen LogP) is 0.912. The van der Waals surface area contributed by atoms with Crippen LogP contribution in [0.25, 0.3) is 0 Å². The largest absolute Gasteiger partial charge is 0.436 e. The van der Waals surface area contributed by atoms with E-state index in [4.69, 9.17) is 4.42 Å². The Morgan fingerprint density at radius 1 is 1.75 bits per heavy atom. The molecule has 0 aliphatic carbocycles. The minimum Gasteiger partial charge on any atom is -0.436 e. The van der Waals surface area contributed by atoms with Gasteiger partial charge in [0.25, 0.3) is 0 Å². The van der Waals surface area contributed by atoms with Crippen LogP contribution in [0.5, 0.6) is 0 Å². The molecule has 1 aromatic rings. The van der Waals surface area contributed by atoms with Crippen LogP contribution in [0.15, 0.2) is 10.6 Å². The lowest BCUT2D eigenvalue weighted by molar-refractivity contribution is 0.109. The maximum absolute atomic E-state index is 10.3. The smallest absolute Gasteiger partial charge is 0.212 e. The molecule has 0 saturated carbocycles. The molecule has 1 saturated heterocycles. The van der Waals surface area contributed by atoms with Gasteiger partial charge in [-0.3, -0.25) is 4.79 Å². The number of nitrogens with one attached hydrogen (secondary N) is 1. The molecule has 2 heterocycles. The highest BCUT2D eigenvalue weighted by Gasteiger charge is 2.20. The number of hydrogen-bond acceptors (Lipinski definition) is 4. The van der Waals surface area contributed by atoms with Crippen LogP contribution in [0, 0.1) is 0 Å². The van der Waals surface area contributed by atoms with Gasteiger partial charge in [-0.05, 0) is 19.4 Å². The third-order valence-corrected chi connectivity index (χ3v) is 2.02. The van der Waals surface area contributed by atoms with E-state index in [1.54, 1.807) is 0 Å². The molecule has 0 spiro atoms. The maximum atomic E-state index is 10.3. The minimum atomic E-state index is 0.207. The fourth-order valence-electron chi connectivity index (χ4n) is 1.41. The van der Waals surface area contributed by atoms with Crippen molar-refractivity contribution in [3.8, 4) is 0 Å². The van der Waals surface area contributed by atoms with E-state index in [2.05, 4.69) is 10.3 Å². The summed E-state index contributed by atoms with van der Waals surface area (Å²) in [6.45, 7) is 1.00. The van der Waals surface area contributed by atoms with Crippen molar-refractivity contribution in [2.45, 2.75) is 18.9 Å². The Bertz CT molecular complexity index is 276. The fraction of sp³-hybridized carbons (Fsp3) is 0.500. The maximum Gasteiger partial charge on any atom is 0.212 e. The molecule has 1 aliphatic rings. The molecular weight excluding hydrogens is 156 g/mol. The van der Waals surface area contributed by atoms with Crippen molar-refractivity contribution >= 4 is 6.29 Å². The van der Waals surface area contributed by atoms with E-state index in [1.165, 1.54) is 6.20 Å². The second kappa shape index (κ2) is 3.06. The first kappa shape index (κ1) is 7.49. The second-order valence-corrected chi connectivity index (χ2v) is 2.87. The second-order valence-electron chi connectivity index (χ2n) is 2.87. The monoisotopic (exact) mass is 166 g/mol. The van der Waals surface area contributed by atoms with Crippen LogP contribution in [0.1, 0.15) is 35.3 Å². The first-order valence-electron chi connectivity index (χ1n) is 4.04. The van der Waals surface area contributed by atoms with Crippen molar-refractivity contribution < 1.29 is 9.21 Å². The number of nitrogens with zero attached hydrogens (tertiary/aromatic N) is 1. The van der Waals surface area contributed by atoms with Gasteiger partial charge in [0.05, 0.1) is 12.2 Å². The van der Waals surface area contributed by atoms with Crippen molar-refractivity contribution in [1.82, 2.24) is 10.3 Å². The lowest BCUT2D eigenvalue weighted by Crippen LogP contribution is -2.12. The molecule has 4 nitrogen and oxygen atoms in total. The number of hydrogen-bond donors (Lipinski definition) is 1. The number of aldehydes is 1. The summed E-state index contributed by atoms with van der Waals surface area (Å²) in [5.41, 5.74) is 0. The highest BCUT2D eigenvalue weighted by Crippen LogP contribution is 2.21. The molecule has 1 aliphatic heterocycles. The van der Waals surface area contributed by atoms with E-state index in [1.807, 2.05) is 0 Å². The van der Waals surface area contributed by atoms with Gasteiger partial charge in [-0.2, -0.15) is 0 Å². The molecule has 12 heavy (non-hydrogen) atoms. The molecule has 0 amide bonds. The Labute approximate surface area is 70.0 Å². The van der Waals surface area contributed by atoms with Crippen molar-refractivity contribution in [3.63, 3.8) is 0 Å². The summed E-state index contributed by atoms with van der Waals surface area (Å²) in [6.07, 6.45) is 4.32. The van der Waals surface area contributed by atoms with Crippen LogP contribution in [0.3, 0.4) is 0 Å². The highest BCUT2D eigenvalue weighted by atomic mass is 16.4. The number of carbonyl (C=O) groups excluding carboxylic acids is 1. The number of rotatable bonds is 2. The molecule has 0 bridgehead atoms. The van der Waals surface area contributed by atoms with E-state index in [9.17, 15) is 4.79 Å². The van der Waals surface area contributed by atoms with Crippen molar-refractivity contribution in [2.24, 2.45) is 0 Å². The zero-order valence-electron chi connectivity index (χ0n) is 6.62. The van der Waals surface area contributed by atoms with Gasteiger partial charge < -0.3 is 9.73 Å². The Morgan fingerprint density at radius 2 is 2.67 bits per heavy atom. The van der Waals surface area contributed by atoms with Crippen LogP contribution >= 0.6 is 0 Å². The van der Waals surface area contributed by atoms with Crippen LogP contribution in [-0.2, 0) is 0 Å². The molecule has 2 rings (SSSR count). The van der Waals surface area contributed by atoms with Gasteiger partial charge in [0.15, 0.2) is 12.0 Å². The molecule has 1 N–H and O–H groups in total. The van der Waals surface area contributed by atoms with E-state index in [-0.39, 0.29) is 6.04 Å². The van der Waals surface area contributed by atoms with E-state index < -0.39 is 0 Å². The fourth-order valence-corrected chi connectivity index (χ4v) is 1.41.